The lowest BCUT2D eigenvalue weighted by atomic mass is 9.94. The molecular formula is C23H32BrN3O4. The van der Waals surface area contributed by atoms with Crippen molar-refractivity contribution < 1.29 is 19.1 Å². The molecule has 0 aliphatic carbocycles. The van der Waals surface area contributed by atoms with E-state index in [4.69, 9.17) is 9.47 Å². The van der Waals surface area contributed by atoms with Crippen molar-refractivity contribution in [2.75, 3.05) is 59.2 Å². The third-order valence-corrected chi connectivity index (χ3v) is 7.28. The van der Waals surface area contributed by atoms with Gasteiger partial charge in [-0.2, -0.15) is 0 Å². The Balaban J connectivity index is 1.26. The molecule has 0 radical (unpaired) electrons. The zero-order chi connectivity index (χ0) is 21.6. The summed E-state index contributed by atoms with van der Waals surface area (Å²) in [6.07, 6.45) is 2.47. The van der Waals surface area contributed by atoms with Gasteiger partial charge in [0.15, 0.2) is 0 Å². The third kappa shape index (κ3) is 5.86. The van der Waals surface area contributed by atoms with Crippen LogP contribution in [-0.2, 0) is 14.3 Å². The Morgan fingerprint density at radius 2 is 1.71 bits per heavy atom. The third-order valence-electron chi connectivity index (χ3n) is 6.75. The predicted octanol–water partition coefficient (Wildman–Crippen LogP) is 2.15. The van der Waals surface area contributed by atoms with E-state index in [1.54, 1.807) is 0 Å². The number of carbonyl (C=O) groups is 2. The van der Waals surface area contributed by atoms with Gasteiger partial charge in [-0.3, -0.25) is 14.5 Å². The average Bonchev–Trinajstić information content (AvgIpc) is 3.34. The van der Waals surface area contributed by atoms with Crippen LogP contribution in [0.25, 0.3) is 0 Å². The van der Waals surface area contributed by atoms with Crippen molar-refractivity contribution in [3.63, 3.8) is 0 Å². The number of halogens is 1. The Morgan fingerprint density at radius 1 is 1.00 bits per heavy atom. The van der Waals surface area contributed by atoms with Gasteiger partial charge in [0.25, 0.3) is 5.91 Å². The molecule has 0 bridgehead atoms. The molecule has 0 aromatic heterocycles. The van der Waals surface area contributed by atoms with Crippen molar-refractivity contribution in [2.24, 2.45) is 11.8 Å². The van der Waals surface area contributed by atoms with Crippen molar-refractivity contribution in [2.45, 2.75) is 25.3 Å². The smallest absolute Gasteiger partial charge is 0.253 e. The van der Waals surface area contributed by atoms with E-state index in [9.17, 15) is 9.59 Å². The highest BCUT2D eigenvalue weighted by Crippen LogP contribution is 2.23. The quantitative estimate of drug-likeness (QED) is 0.657. The predicted molar refractivity (Wildman–Crippen MR) is 121 cm³/mol. The summed E-state index contributed by atoms with van der Waals surface area (Å²) in [6.45, 7) is 6.81. The van der Waals surface area contributed by atoms with Crippen LogP contribution in [0.2, 0.25) is 0 Å². The number of piperidine rings is 1. The first kappa shape index (κ1) is 22.7. The standard InChI is InChI=1S/C23H32BrN3O4/c24-20-3-1-18(2-4-20)23(29)27-8-5-17(6-9-27)22(28)25-15-21(19-7-12-31-16-19)26-10-13-30-14-11-26/h1-4,17,19,21H,5-16H2,(H,25,28). The van der Waals surface area contributed by atoms with Crippen LogP contribution in [0, 0.1) is 11.8 Å². The topological polar surface area (TPSA) is 71.1 Å². The fourth-order valence-corrected chi connectivity index (χ4v) is 5.09. The summed E-state index contributed by atoms with van der Waals surface area (Å²) in [5.74, 6) is 0.593. The minimum atomic E-state index is -0.0286. The summed E-state index contributed by atoms with van der Waals surface area (Å²) >= 11 is 3.40. The molecule has 3 fully saturated rings. The highest BCUT2D eigenvalue weighted by Gasteiger charge is 2.33. The van der Waals surface area contributed by atoms with Gasteiger partial charge in [0.2, 0.25) is 5.91 Å². The lowest BCUT2D eigenvalue weighted by Crippen LogP contribution is -2.53. The van der Waals surface area contributed by atoms with Crippen LogP contribution in [0.1, 0.15) is 29.6 Å². The number of amides is 2. The van der Waals surface area contributed by atoms with Crippen LogP contribution in [0.4, 0.5) is 0 Å². The molecule has 0 saturated carbocycles. The molecule has 3 heterocycles. The second-order valence-corrected chi connectivity index (χ2v) is 9.57. The van der Waals surface area contributed by atoms with E-state index in [0.29, 0.717) is 50.0 Å². The fourth-order valence-electron chi connectivity index (χ4n) is 4.83. The molecule has 1 aromatic carbocycles. The van der Waals surface area contributed by atoms with Gasteiger partial charge >= 0.3 is 0 Å². The number of hydrogen-bond donors (Lipinski definition) is 1. The summed E-state index contributed by atoms with van der Waals surface area (Å²) in [7, 11) is 0. The normalized spacial score (nSPS) is 24.2. The van der Waals surface area contributed by atoms with Gasteiger partial charge in [-0.1, -0.05) is 15.9 Å². The summed E-state index contributed by atoms with van der Waals surface area (Å²) in [6, 6.07) is 7.74. The van der Waals surface area contributed by atoms with Crippen molar-refractivity contribution in [3.8, 4) is 0 Å². The number of carbonyl (C=O) groups excluding carboxylic acids is 2. The maximum Gasteiger partial charge on any atom is 0.253 e. The van der Waals surface area contributed by atoms with Crippen molar-refractivity contribution >= 4 is 27.7 Å². The molecule has 1 aromatic rings. The Kier molecular flexibility index (Phi) is 7.98. The van der Waals surface area contributed by atoms with Crippen LogP contribution < -0.4 is 5.32 Å². The van der Waals surface area contributed by atoms with Gasteiger partial charge < -0.3 is 19.7 Å². The molecule has 0 spiro atoms. The number of morpholine rings is 1. The van der Waals surface area contributed by atoms with Crippen molar-refractivity contribution in [1.29, 1.82) is 0 Å². The van der Waals surface area contributed by atoms with Crippen LogP contribution >= 0.6 is 15.9 Å². The summed E-state index contributed by atoms with van der Waals surface area (Å²) in [5, 5.41) is 3.22. The Bertz CT molecular complexity index is 740. The molecule has 7 nitrogen and oxygen atoms in total. The second-order valence-electron chi connectivity index (χ2n) is 8.66. The second kappa shape index (κ2) is 10.9. The minimum Gasteiger partial charge on any atom is -0.381 e. The van der Waals surface area contributed by atoms with Gasteiger partial charge in [0, 0.05) is 67.2 Å². The molecule has 8 heteroatoms. The number of likely N-dealkylation sites (tertiary alicyclic amines) is 1. The van der Waals surface area contributed by atoms with E-state index in [1.165, 1.54) is 0 Å². The van der Waals surface area contributed by atoms with E-state index >= 15 is 0 Å². The van der Waals surface area contributed by atoms with E-state index in [-0.39, 0.29) is 17.7 Å². The lowest BCUT2D eigenvalue weighted by Gasteiger charge is -2.38. The summed E-state index contributed by atoms with van der Waals surface area (Å²) in [4.78, 5) is 29.9. The minimum absolute atomic E-state index is 0.0286. The Hall–Kier alpha value is -1.48. The maximum absolute atomic E-state index is 12.9. The number of benzene rings is 1. The van der Waals surface area contributed by atoms with Gasteiger partial charge in [0.05, 0.1) is 19.8 Å². The first-order valence-electron chi connectivity index (χ1n) is 11.3. The summed E-state index contributed by atoms with van der Waals surface area (Å²) in [5.41, 5.74) is 0.693. The van der Waals surface area contributed by atoms with Crippen molar-refractivity contribution in [1.82, 2.24) is 15.1 Å². The zero-order valence-electron chi connectivity index (χ0n) is 17.9. The number of nitrogens with one attached hydrogen (secondary N) is 1. The Labute approximate surface area is 192 Å². The first-order chi connectivity index (χ1) is 15.1. The molecule has 31 heavy (non-hydrogen) atoms. The van der Waals surface area contributed by atoms with Gasteiger partial charge in [-0.25, -0.2) is 0 Å². The molecule has 3 aliphatic heterocycles. The first-order valence-corrected chi connectivity index (χ1v) is 12.1. The largest absolute Gasteiger partial charge is 0.381 e. The van der Waals surface area contributed by atoms with E-state index in [0.717, 1.165) is 50.4 Å². The monoisotopic (exact) mass is 493 g/mol. The molecule has 2 atom stereocenters. The van der Waals surface area contributed by atoms with E-state index in [1.807, 2.05) is 29.2 Å². The van der Waals surface area contributed by atoms with Gasteiger partial charge in [-0.05, 0) is 43.5 Å². The van der Waals surface area contributed by atoms with Gasteiger partial charge in [0.1, 0.15) is 0 Å². The SMILES string of the molecule is O=C(NCC(C1CCOC1)N1CCOCC1)C1CCN(C(=O)c2ccc(Br)cc2)CC1. The van der Waals surface area contributed by atoms with E-state index in [2.05, 4.69) is 26.1 Å². The van der Waals surface area contributed by atoms with Crippen LogP contribution in [0.5, 0.6) is 0 Å². The van der Waals surface area contributed by atoms with Crippen molar-refractivity contribution in [3.05, 3.63) is 34.3 Å². The van der Waals surface area contributed by atoms with E-state index < -0.39 is 0 Å². The molecule has 170 valence electrons. The van der Waals surface area contributed by atoms with Gasteiger partial charge in [-0.15, -0.1) is 0 Å². The highest BCUT2D eigenvalue weighted by atomic mass is 79.9. The van der Waals surface area contributed by atoms with Crippen LogP contribution in [-0.4, -0.2) is 86.8 Å². The van der Waals surface area contributed by atoms with Crippen LogP contribution in [0.15, 0.2) is 28.7 Å². The zero-order valence-corrected chi connectivity index (χ0v) is 19.5. The number of rotatable bonds is 6. The number of hydrogen-bond acceptors (Lipinski definition) is 5. The maximum atomic E-state index is 12.9. The fraction of sp³-hybridized carbons (Fsp3) is 0.652. The number of nitrogens with zero attached hydrogens (tertiary/aromatic N) is 2. The average molecular weight is 494 g/mol. The number of ether oxygens (including phenoxy) is 2. The van der Waals surface area contributed by atoms with Crippen LogP contribution in [0.3, 0.4) is 0 Å². The lowest BCUT2D eigenvalue weighted by molar-refractivity contribution is -0.126. The highest BCUT2D eigenvalue weighted by molar-refractivity contribution is 9.10. The molecule has 2 unspecified atom stereocenters. The Morgan fingerprint density at radius 3 is 2.35 bits per heavy atom. The molecule has 2 amide bonds. The molecule has 4 rings (SSSR count). The molecule has 1 N–H and O–H groups in total. The summed E-state index contributed by atoms with van der Waals surface area (Å²) < 4.78 is 12.1. The molecule has 3 saturated heterocycles. The molecule has 3 aliphatic rings. The molecular weight excluding hydrogens is 462 g/mol.